The van der Waals surface area contributed by atoms with Gasteiger partial charge in [-0.25, -0.2) is 0 Å². The van der Waals surface area contributed by atoms with Crippen LogP contribution in [-0.2, 0) is 0 Å². The third-order valence-electron chi connectivity index (χ3n) is 3.27. The Balaban J connectivity index is 2.22. The lowest BCUT2D eigenvalue weighted by Crippen LogP contribution is -2.24. The molecule has 0 heterocycles. The molecule has 2 N–H and O–H groups in total. The normalized spacial score (nSPS) is 10.6. The van der Waals surface area contributed by atoms with Crippen molar-refractivity contribution in [3.63, 3.8) is 0 Å². The van der Waals surface area contributed by atoms with Crippen LogP contribution in [0.5, 0.6) is 0 Å². The Bertz CT molecular complexity index is 384. The minimum atomic E-state index is 0.0249. The van der Waals surface area contributed by atoms with Crippen molar-refractivity contribution in [2.24, 2.45) is 5.92 Å². The third kappa shape index (κ3) is 6.60. The molecule has 0 bridgehead atoms. The van der Waals surface area contributed by atoms with Gasteiger partial charge in [0.15, 0.2) is 0 Å². The van der Waals surface area contributed by atoms with E-state index in [1.165, 1.54) is 19.3 Å². The van der Waals surface area contributed by atoms with Crippen molar-refractivity contribution in [3.8, 4) is 0 Å². The van der Waals surface area contributed by atoms with Gasteiger partial charge < -0.3 is 10.6 Å². The standard InChI is InChI=1S/C17H28N2O/c1-4-18-16-11-9-15(10-12-16)17(20)19-13-7-5-6-8-14(2)3/h9-12,14,18H,4-8,13H2,1-3H3,(H,19,20). The summed E-state index contributed by atoms with van der Waals surface area (Å²) < 4.78 is 0. The van der Waals surface area contributed by atoms with Crippen molar-refractivity contribution in [2.45, 2.75) is 46.5 Å². The number of unbranched alkanes of at least 4 members (excludes halogenated alkanes) is 2. The van der Waals surface area contributed by atoms with E-state index in [0.29, 0.717) is 0 Å². The van der Waals surface area contributed by atoms with Crippen molar-refractivity contribution in [1.29, 1.82) is 0 Å². The molecular weight excluding hydrogens is 248 g/mol. The monoisotopic (exact) mass is 276 g/mol. The molecular formula is C17H28N2O. The molecule has 0 aliphatic rings. The number of carbonyl (C=O) groups is 1. The first-order valence-electron chi connectivity index (χ1n) is 7.75. The number of benzene rings is 1. The molecule has 0 fully saturated rings. The van der Waals surface area contributed by atoms with Gasteiger partial charge in [0.05, 0.1) is 0 Å². The largest absolute Gasteiger partial charge is 0.385 e. The van der Waals surface area contributed by atoms with Crippen LogP contribution < -0.4 is 10.6 Å². The van der Waals surface area contributed by atoms with E-state index >= 15 is 0 Å². The summed E-state index contributed by atoms with van der Waals surface area (Å²) in [6.07, 6.45) is 4.79. The Kier molecular flexibility index (Phi) is 7.78. The number of hydrogen-bond acceptors (Lipinski definition) is 2. The lowest BCUT2D eigenvalue weighted by Gasteiger charge is -2.07. The molecule has 1 amide bonds. The van der Waals surface area contributed by atoms with Gasteiger partial charge in [0.1, 0.15) is 0 Å². The highest BCUT2D eigenvalue weighted by molar-refractivity contribution is 5.94. The van der Waals surface area contributed by atoms with Crippen molar-refractivity contribution in [1.82, 2.24) is 5.32 Å². The zero-order valence-electron chi connectivity index (χ0n) is 13.0. The highest BCUT2D eigenvalue weighted by Gasteiger charge is 2.04. The summed E-state index contributed by atoms with van der Waals surface area (Å²) in [5.41, 5.74) is 1.78. The third-order valence-corrected chi connectivity index (χ3v) is 3.27. The molecule has 3 nitrogen and oxygen atoms in total. The van der Waals surface area contributed by atoms with Crippen LogP contribution in [0.25, 0.3) is 0 Å². The van der Waals surface area contributed by atoms with E-state index in [-0.39, 0.29) is 5.91 Å². The van der Waals surface area contributed by atoms with Crippen LogP contribution in [0.1, 0.15) is 56.8 Å². The first kappa shape index (κ1) is 16.5. The van der Waals surface area contributed by atoms with E-state index in [1.54, 1.807) is 0 Å². The van der Waals surface area contributed by atoms with Crippen LogP contribution in [-0.4, -0.2) is 19.0 Å². The second-order valence-corrected chi connectivity index (χ2v) is 5.61. The molecule has 0 atom stereocenters. The average molecular weight is 276 g/mol. The SMILES string of the molecule is CCNc1ccc(C(=O)NCCCCCC(C)C)cc1. The van der Waals surface area contributed by atoms with E-state index in [4.69, 9.17) is 0 Å². The van der Waals surface area contributed by atoms with Gasteiger partial charge in [-0.2, -0.15) is 0 Å². The van der Waals surface area contributed by atoms with Gasteiger partial charge >= 0.3 is 0 Å². The molecule has 112 valence electrons. The number of rotatable bonds is 9. The smallest absolute Gasteiger partial charge is 0.251 e. The molecule has 20 heavy (non-hydrogen) atoms. The van der Waals surface area contributed by atoms with E-state index < -0.39 is 0 Å². The zero-order valence-corrected chi connectivity index (χ0v) is 13.0. The molecule has 0 aliphatic carbocycles. The van der Waals surface area contributed by atoms with Crippen LogP contribution in [0, 0.1) is 5.92 Å². The number of carbonyl (C=O) groups excluding carboxylic acids is 1. The predicted molar refractivity (Wildman–Crippen MR) is 86.2 cm³/mol. The second kappa shape index (κ2) is 9.40. The lowest BCUT2D eigenvalue weighted by atomic mass is 10.1. The summed E-state index contributed by atoms with van der Waals surface area (Å²) in [4.78, 5) is 11.9. The Morgan fingerprint density at radius 3 is 2.40 bits per heavy atom. The van der Waals surface area contributed by atoms with E-state index in [9.17, 15) is 4.79 Å². The maximum Gasteiger partial charge on any atom is 0.251 e. The predicted octanol–water partition coefficient (Wildman–Crippen LogP) is 4.06. The van der Waals surface area contributed by atoms with Crippen LogP contribution in [0.4, 0.5) is 5.69 Å². The quantitative estimate of drug-likeness (QED) is 0.668. The number of amides is 1. The van der Waals surface area contributed by atoms with Crippen molar-refractivity contribution in [3.05, 3.63) is 29.8 Å². The number of hydrogen-bond donors (Lipinski definition) is 2. The molecule has 1 aromatic rings. The van der Waals surface area contributed by atoms with Gasteiger partial charge in [0.2, 0.25) is 0 Å². The molecule has 0 aromatic heterocycles. The maximum atomic E-state index is 11.9. The fourth-order valence-corrected chi connectivity index (χ4v) is 2.10. The summed E-state index contributed by atoms with van der Waals surface area (Å²) in [6, 6.07) is 7.63. The van der Waals surface area contributed by atoms with Crippen molar-refractivity contribution in [2.75, 3.05) is 18.4 Å². The maximum absolute atomic E-state index is 11.9. The van der Waals surface area contributed by atoms with Gasteiger partial charge in [-0.3, -0.25) is 4.79 Å². The van der Waals surface area contributed by atoms with Gasteiger partial charge in [-0.1, -0.05) is 33.1 Å². The first-order chi connectivity index (χ1) is 9.63. The topological polar surface area (TPSA) is 41.1 Å². The van der Waals surface area contributed by atoms with Crippen LogP contribution >= 0.6 is 0 Å². The minimum absolute atomic E-state index is 0.0249. The molecule has 0 saturated carbocycles. The summed E-state index contributed by atoms with van der Waals surface area (Å²) in [5, 5.41) is 6.20. The molecule has 1 rings (SSSR count). The average Bonchev–Trinajstić information content (AvgIpc) is 2.43. The van der Waals surface area contributed by atoms with Crippen LogP contribution in [0.2, 0.25) is 0 Å². The highest BCUT2D eigenvalue weighted by Crippen LogP contribution is 2.10. The highest BCUT2D eigenvalue weighted by atomic mass is 16.1. The van der Waals surface area contributed by atoms with Crippen molar-refractivity contribution >= 4 is 11.6 Å². The molecule has 0 saturated heterocycles. The number of nitrogens with one attached hydrogen (secondary N) is 2. The Hall–Kier alpha value is -1.51. The fourth-order valence-electron chi connectivity index (χ4n) is 2.10. The van der Waals surface area contributed by atoms with Gasteiger partial charge in [0, 0.05) is 24.3 Å². The summed E-state index contributed by atoms with van der Waals surface area (Å²) in [7, 11) is 0. The molecule has 0 aliphatic heterocycles. The summed E-state index contributed by atoms with van der Waals surface area (Å²) in [5.74, 6) is 0.803. The van der Waals surface area contributed by atoms with E-state index in [0.717, 1.165) is 36.7 Å². The van der Waals surface area contributed by atoms with Gasteiger partial charge in [-0.15, -0.1) is 0 Å². The lowest BCUT2D eigenvalue weighted by molar-refractivity contribution is 0.0953. The van der Waals surface area contributed by atoms with E-state index in [1.807, 2.05) is 24.3 Å². The molecule has 0 unspecified atom stereocenters. The fraction of sp³-hybridized carbons (Fsp3) is 0.588. The number of anilines is 1. The van der Waals surface area contributed by atoms with Gasteiger partial charge in [-0.05, 0) is 43.5 Å². The Morgan fingerprint density at radius 2 is 1.80 bits per heavy atom. The Morgan fingerprint density at radius 1 is 1.10 bits per heavy atom. The van der Waals surface area contributed by atoms with Crippen molar-refractivity contribution < 1.29 is 4.79 Å². The summed E-state index contributed by atoms with van der Waals surface area (Å²) >= 11 is 0. The Labute approximate surface area is 123 Å². The first-order valence-corrected chi connectivity index (χ1v) is 7.75. The zero-order chi connectivity index (χ0) is 14.8. The van der Waals surface area contributed by atoms with Gasteiger partial charge in [0.25, 0.3) is 5.91 Å². The second-order valence-electron chi connectivity index (χ2n) is 5.61. The molecule has 3 heteroatoms. The molecule has 1 aromatic carbocycles. The van der Waals surface area contributed by atoms with E-state index in [2.05, 4.69) is 31.4 Å². The molecule has 0 spiro atoms. The molecule has 0 radical (unpaired) electrons. The minimum Gasteiger partial charge on any atom is -0.385 e. The summed E-state index contributed by atoms with van der Waals surface area (Å²) in [6.45, 7) is 8.21. The van der Waals surface area contributed by atoms with Crippen LogP contribution in [0.15, 0.2) is 24.3 Å². The van der Waals surface area contributed by atoms with Crippen LogP contribution in [0.3, 0.4) is 0 Å².